The number of hydrogen-bond donors (Lipinski definition) is 0. The van der Waals surface area contributed by atoms with Crippen molar-refractivity contribution in [2.75, 3.05) is 32.1 Å². The van der Waals surface area contributed by atoms with Gasteiger partial charge in [-0.05, 0) is 31.6 Å². The van der Waals surface area contributed by atoms with Crippen molar-refractivity contribution < 1.29 is 4.79 Å². The van der Waals surface area contributed by atoms with Crippen LogP contribution in [0.1, 0.15) is 35.6 Å². The average Bonchev–Trinajstić information content (AvgIpc) is 2.89. The van der Waals surface area contributed by atoms with Crippen molar-refractivity contribution >= 4 is 11.7 Å². The summed E-state index contributed by atoms with van der Waals surface area (Å²) in [6.45, 7) is 1.58. The maximum atomic E-state index is 12.6. The maximum Gasteiger partial charge on any atom is 0.289 e. The molecular weight excluding hydrogens is 316 g/mol. The zero-order valence-corrected chi connectivity index (χ0v) is 15.2. The van der Waals surface area contributed by atoms with Gasteiger partial charge in [-0.15, -0.1) is 0 Å². The van der Waals surface area contributed by atoms with Crippen LogP contribution in [0.2, 0.25) is 0 Å². The molecule has 1 amide bonds. The maximum absolute atomic E-state index is 12.6. The van der Waals surface area contributed by atoms with Crippen molar-refractivity contribution in [3.63, 3.8) is 0 Å². The Morgan fingerprint density at radius 2 is 2.04 bits per heavy atom. The van der Waals surface area contributed by atoms with Gasteiger partial charge in [0.05, 0.1) is 18.1 Å². The Bertz CT molecular complexity index is 709. The first-order chi connectivity index (χ1) is 12.0. The first kappa shape index (κ1) is 17.4. The lowest BCUT2D eigenvalue weighted by atomic mass is 9.95. The Labute approximate surface area is 148 Å². The fourth-order valence-electron chi connectivity index (χ4n) is 3.27. The number of aromatic nitrogens is 4. The average molecular weight is 342 g/mol. The van der Waals surface area contributed by atoms with Crippen molar-refractivity contribution in [1.82, 2.24) is 24.4 Å². The molecular formula is C18H26N6O. The Hall–Kier alpha value is -2.44. The fourth-order valence-corrected chi connectivity index (χ4v) is 3.27. The van der Waals surface area contributed by atoms with Crippen molar-refractivity contribution in [2.24, 2.45) is 13.0 Å². The lowest BCUT2D eigenvalue weighted by Crippen LogP contribution is -2.33. The van der Waals surface area contributed by atoms with E-state index in [2.05, 4.69) is 15.0 Å². The van der Waals surface area contributed by atoms with E-state index in [1.807, 2.05) is 49.5 Å². The molecule has 0 spiro atoms. The molecule has 2 aromatic rings. The molecule has 134 valence electrons. The van der Waals surface area contributed by atoms with Crippen molar-refractivity contribution in [1.29, 1.82) is 0 Å². The first-order valence-corrected chi connectivity index (χ1v) is 8.79. The normalized spacial score (nSPS) is 18.0. The number of nitrogens with zero attached hydrogens (tertiary/aromatic N) is 6. The summed E-state index contributed by atoms with van der Waals surface area (Å²) in [5, 5.41) is 0. The van der Waals surface area contributed by atoms with Crippen LogP contribution in [0.15, 0.2) is 24.8 Å². The van der Waals surface area contributed by atoms with E-state index in [1.54, 1.807) is 10.8 Å². The van der Waals surface area contributed by atoms with Crippen LogP contribution in [0.3, 0.4) is 0 Å². The smallest absolute Gasteiger partial charge is 0.289 e. The minimum Gasteiger partial charge on any atom is -0.361 e. The molecule has 2 aromatic heterocycles. The second-order valence-corrected chi connectivity index (χ2v) is 6.92. The Morgan fingerprint density at radius 3 is 2.68 bits per heavy atom. The number of rotatable bonds is 4. The predicted octanol–water partition coefficient (Wildman–Crippen LogP) is 1.76. The van der Waals surface area contributed by atoms with E-state index >= 15 is 0 Å². The van der Waals surface area contributed by atoms with Crippen LogP contribution in [0.25, 0.3) is 0 Å². The molecule has 1 aliphatic heterocycles. The van der Waals surface area contributed by atoms with E-state index in [1.165, 1.54) is 0 Å². The number of carbonyl (C=O) groups excluding carboxylic acids is 1. The van der Waals surface area contributed by atoms with Gasteiger partial charge < -0.3 is 14.4 Å². The Morgan fingerprint density at radius 1 is 1.20 bits per heavy atom. The van der Waals surface area contributed by atoms with E-state index in [-0.39, 0.29) is 5.91 Å². The third kappa shape index (κ3) is 4.15. The summed E-state index contributed by atoms with van der Waals surface area (Å²) in [6.07, 6.45) is 11.2. The summed E-state index contributed by atoms with van der Waals surface area (Å²) in [5.74, 6) is 1.96. The van der Waals surface area contributed by atoms with E-state index in [0.29, 0.717) is 11.7 Å². The number of aryl methyl sites for hydroxylation is 1. The number of amides is 1. The van der Waals surface area contributed by atoms with E-state index in [4.69, 9.17) is 0 Å². The van der Waals surface area contributed by atoms with Crippen molar-refractivity contribution in [3.8, 4) is 0 Å². The van der Waals surface area contributed by atoms with E-state index in [9.17, 15) is 4.79 Å². The molecule has 0 aromatic carbocycles. The summed E-state index contributed by atoms with van der Waals surface area (Å²) in [4.78, 5) is 29.7. The highest BCUT2D eigenvalue weighted by Gasteiger charge is 2.24. The number of imidazole rings is 1. The first-order valence-electron chi connectivity index (χ1n) is 8.79. The third-order valence-electron chi connectivity index (χ3n) is 4.80. The molecule has 3 heterocycles. The fraction of sp³-hybridized carbons (Fsp3) is 0.556. The molecule has 0 aliphatic carbocycles. The highest BCUT2D eigenvalue weighted by atomic mass is 16.2. The third-order valence-corrected chi connectivity index (χ3v) is 4.80. The van der Waals surface area contributed by atoms with Gasteiger partial charge in [0.25, 0.3) is 5.91 Å². The van der Waals surface area contributed by atoms with Gasteiger partial charge in [0.2, 0.25) is 0 Å². The minimum absolute atomic E-state index is 0.0308. The standard InChI is InChI=1S/C18H26N6O/c1-22(2)16-13-20-15(12-21-16)11-14-5-4-8-24(9-6-14)18(25)17-19-7-10-23(17)3/h7,10,12-14H,4-6,8-9,11H2,1-3H3. The Balaban J connectivity index is 1.58. The van der Waals surface area contributed by atoms with Gasteiger partial charge in [-0.1, -0.05) is 0 Å². The number of carbonyl (C=O) groups is 1. The van der Waals surface area contributed by atoms with Crippen molar-refractivity contribution in [3.05, 3.63) is 36.3 Å². The Kier molecular flexibility index (Phi) is 5.31. The second kappa shape index (κ2) is 7.63. The molecule has 0 saturated carbocycles. The molecule has 1 saturated heterocycles. The molecule has 0 N–H and O–H groups in total. The zero-order chi connectivity index (χ0) is 17.8. The van der Waals surface area contributed by atoms with Gasteiger partial charge in [-0.2, -0.15) is 0 Å². The summed E-state index contributed by atoms with van der Waals surface area (Å²) in [6, 6.07) is 0. The number of likely N-dealkylation sites (tertiary alicyclic amines) is 1. The largest absolute Gasteiger partial charge is 0.361 e. The van der Waals surface area contributed by atoms with Crippen LogP contribution in [0.4, 0.5) is 5.82 Å². The molecule has 7 nitrogen and oxygen atoms in total. The van der Waals surface area contributed by atoms with Gasteiger partial charge in [0.1, 0.15) is 5.82 Å². The van der Waals surface area contributed by atoms with Crippen LogP contribution >= 0.6 is 0 Å². The highest BCUT2D eigenvalue weighted by molar-refractivity contribution is 5.90. The lowest BCUT2D eigenvalue weighted by molar-refractivity contribution is 0.0744. The monoisotopic (exact) mass is 342 g/mol. The summed E-state index contributed by atoms with van der Waals surface area (Å²) < 4.78 is 1.78. The molecule has 3 rings (SSSR count). The van der Waals surface area contributed by atoms with Crippen molar-refractivity contribution in [2.45, 2.75) is 25.7 Å². The van der Waals surface area contributed by atoms with Crippen LogP contribution < -0.4 is 4.90 Å². The number of anilines is 1. The minimum atomic E-state index is 0.0308. The van der Waals surface area contributed by atoms with Gasteiger partial charge in [0, 0.05) is 46.6 Å². The molecule has 1 aliphatic rings. The van der Waals surface area contributed by atoms with Gasteiger partial charge >= 0.3 is 0 Å². The summed E-state index contributed by atoms with van der Waals surface area (Å²) >= 11 is 0. The van der Waals surface area contributed by atoms with E-state index in [0.717, 1.165) is 50.3 Å². The number of hydrogen-bond acceptors (Lipinski definition) is 5. The molecule has 0 radical (unpaired) electrons. The lowest BCUT2D eigenvalue weighted by Gasteiger charge is -2.20. The summed E-state index contributed by atoms with van der Waals surface area (Å²) in [7, 11) is 5.78. The van der Waals surface area contributed by atoms with Crippen LogP contribution in [0, 0.1) is 5.92 Å². The van der Waals surface area contributed by atoms with Crippen LogP contribution in [-0.4, -0.2) is 57.5 Å². The molecule has 7 heteroatoms. The van der Waals surface area contributed by atoms with Gasteiger partial charge in [-0.25, -0.2) is 9.97 Å². The summed E-state index contributed by atoms with van der Waals surface area (Å²) in [5.41, 5.74) is 1.03. The van der Waals surface area contributed by atoms with Crippen LogP contribution in [-0.2, 0) is 13.5 Å². The second-order valence-electron chi connectivity index (χ2n) is 6.92. The quantitative estimate of drug-likeness (QED) is 0.847. The highest BCUT2D eigenvalue weighted by Crippen LogP contribution is 2.22. The molecule has 1 unspecified atom stereocenters. The molecule has 1 atom stereocenters. The zero-order valence-electron chi connectivity index (χ0n) is 15.2. The predicted molar refractivity (Wildman–Crippen MR) is 96.5 cm³/mol. The van der Waals surface area contributed by atoms with Crippen LogP contribution in [0.5, 0.6) is 0 Å². The topological polar surface area (TPSA) is 67.2 Å². The molecule has 0 bridgehead atoms. The van der Waals surface area contributed by atoms with E-state index < -0.39 is 0 Å². The molecule has 1 fully saturated rings. The van der Waals surface area contributed by atoms with Gasteiger partial charge in [-0.3, -0.25) is 9.78 Å². The van der Waals surface area contributed by atoms with Gasteiger partial charge in [0.15, 0.2) is 5.82 Å². The molecule has 25 heavy (non-hydrogen) atoms. The SMILES string of the molecule is CN(C)c1cnc(CC2CCCN(C(=O)c3nccn3C)CC2)cn1.